The maximum Gasteiger partial charge on any atom is 0.215 e. The molecule has 0 aliphatic carbocycles. The molecule has 8 heavy (non-hydrogen) atoms. The van der Waals surface area contributed by atoms with Gasteiger partial charge < -0.3 is 0 Å². The molecular weight excluding hydrogens is 100 g/mol. The van der Waals surface area contributed by atoms with Crippen LogP contribution in [-0.4, -0.2) is 50.5 Å². The van der Waals surface area contributed by atoms with Crippen LogP contribution in [0.2, 0.25) is 0 Å². The Bertz CT molecular complexity index is 83.1. The molecule has 0 saturated carbocycles. The van der Waals surface area contributed by atoms with E-state index >= 15 is 0 Å². The van der Waals surface area contributed by atoms with E-state index in [0.29, 0.717) is 0 Å². The second-order valence-electron chi connectivity index (χ2n) is 4.15. The molecule has 1 heterocycles. The SMILES string of the molecule is C[N+]1(C)C[N+](C)(C)C1. The highest BCUT2D eigenvalue weighted by atomic mass is 15.7. The fraction of sp³-hybridized carbons (Fsp3) is 1.00. The Labute approximate surface area is 51.5 Å². The van der Waals surface area contributed by atoms with Gasteiger partial charge in [-0.05, 0) is 0 Å². The van der Waals surface area contributed by atoms with E-state index in [1.54, 1.807) is 0 Å². The molecule has 1 saturated heterocycles. The van der Waals surface area contributed by atoms with E-state index in [0.717, 1.165) is 0 Å². The third-order valence-corrected chi connectivity index (χ3v) is 1.53. The normalized spacial score (nSPS) is 31.5. The van der Waals surface area contributed by atoms with Gasteiger partial charge >= 0.3 is 0 Å². The molecule has 0 unspecified atom stereocenters. The van der Waals surface area contributed by atoms with Crippen LogP contribution < -0.4 is 0 Å². The summed E-state index contributed by atoms with van der Waals surface area (Å²) >= 11 is 0. The van der Waals surface area contributed by atoms with E-state index in [9.17, 15) is 0 Å². The van der Waals surface area contributed by atoms with Crippen LogP contribution in [-0.2, 0) is 0 Å². The van der Waals surface area contributed by atoms with Crippen LogP contribution in [0.4, 0.5) is 0 Å². The van der Waals surface area contributed by atoms with E-state index in [2.05, 4.69) is 28.2 Å². The molecule has 1 fully saturated rings. The van der Waals surface area contributed by atoms with Gasteiger partial charge in [0.05, 0.1) is 28.2 Å². The Balaban J connectivity index is 2.42. The van der Waals surface area contributed by atoms with Gasteiger partial charge in [-0.3, -0.25) is 0 Å². The summed E-state index contributed by atoms with van der Waals surface area (Å²) in [6, 6.07) is 0. The first-order valence-electron chi connectivity index (χ1n) is 3.05. The fourth-order valence-corrected chi connectivity index (χ4v) is 2.03. The van der Waals surface area contributed by atoms with Gasteiger partial charge in [-0.1, -0.05) is 0 Å². The van der Waals surface area contributed by atoms with Crippen molar-refractivity contribution < 1.29 is 8.97 Å². The van der Waals surface area contributed by atoms with Gasteiger partial charge in [0.1, 0.15) is 0 Å². The highest BCUT2D eigenvalue weighted by Crippen LogP contribution is 2.18. The number of hydrogen-bond acceptors (Lipinski definition) is 0. The number of nitrogens with zero attached hydrogens (tertiary/aromatic N) is 2. The molecule has 1 aliphatic heterocycles. The average Bonchev–Trinajstić information content (AvgIpc) is 1.20. The Kier molecular flexibility index (Phi) is 0.946. The molecule has 0 aromatic rings. The van der Waals surface area contributed by atoms with Crippen LogP contribution in [0.25, 0.3) is 0 Å². The fourth-order valence-electron chi connectivity index (χ4n) is 2.03. The molecule has 0 aromatic carbocycles. The van der Waals surface area contributed by atoms with Crippen molar-refractivity contribution in [3.05, 3.63) is 0 Å². The molecule has 0 bridgehead atoms. The smallest absolute Gasteiger partial charge is 0.215 e. The minimum absolute atomic E-state index is 1.19. The van der Waals surface area contributed by atoms with E-state index in [1.165, 1.54) is 22.3 Å². The molecule has 2 heteroatoms. The van der Waals surface area contributed by atoms with Crippen LogP contribution in [0.1, 0.15) is 0 Å². The molecule has 0 N–H and O–H groups in total. The Morgan fingerprint density at radius 2 is 1.00 bits per heavy atom. The molecular formula is C6H16N2+2. The van der Waals surface area contributed by atoms with Crippen molar-refractivity contribution in [2.24, 2.45) is 0 Å². The molecule has 0 spiro atoms. The third-order valence-electron chi connectivity index (χ3n) is 1.53. The maximum atomic E-state index is 2.27. The Morgan fingerprint density at radius 1 is 0.750 bits per heavy atom. The number of rotatable bonds is 0. The van der Waals surface area contributed by atoms with Gasteiger partial charge in [-0.25, -0.2) is 8.97 Å². The van der Waals surface area contributed by atoms with Crippen LogP contribution in [0.15, 0.2) is 0 Å². The minimum Gasteiger partial charge on any atom is -0.236 e. The zero-order valence-corrected chi connectivity index (χ0v) is 6.31. The lowest BCUT2D eigenvalue weighted by atomic mass is 10.4. The predicted molar refractivity (Wildman–Crippen MR) is 34.0 cm³/mol. The summed E-state index contributed by atoms with van der Waals surface area (Å²) in [5.74, 6) is 0. The molecule has 1 rings (SSSR count). The highest BCUT2D eigenvalue weighted by Gasteiger charge is 2.43. The van der Waals surface area contributed by atoms with Gasteiger partial charge in [0.15, 0.2) is 0 Å². The van der Waals surface area contributed by atoms with Crippen molar-refractivity contribution in [1.29, 1.82) is 0 Å². The zero-order valence-electron chi connectivity index (χ0n) is 6.31. The lowest BCUT2D eigenvalue weighted by Crippen LogP contribution is -2.72. The largest absolute Gasteiger partial charge is 0.236 e. The van der Waals surface area contributed by atoms with Gasteiger partial charge in [0.2, 0.25) is 13.3 Å². The average molecular weight is 116 g/mol. The van der Waals surface area contributed by atoms with Gasteiger partial charge in [-0.15, -0.1) is 0 Å². The van der Waals surface area contributed by atoms with Gasteiger partial charge in [0.25, 0.3) is 0 Å². The van der Waals surface area contributed by atoms with E-state index < -0.39 is 0 Å². The van der Waals surface area contributed by atoms with E-state index in [1.807, 2.05) is 0 Å². The van der Waals surface area contributed by atoms with Crippen molar-refractivity contribution in [2.45, 2.75) is 0 Å². The van der Waals surface area contributed by atoms with E-state index in [-0.39, 0.29) is 0 Å². The third kappa shape index (κ3) is 1.01. The number of quaternary nitrogens is 2. The summed E-state index contributed by atoms with van der Waals surface area (Å²) in [6.07, 6.45) is 0. The maximum absolute atomic E-state index is 2.27. The van der Waals surface area contributed by atoms with Gasteiger partial charge in [-0.2, -0.15) is 0 Å². The molecule has 48 valence electrons. The second-order valence-corrected chi connectivity index (χ2v) is 4.15. The van der Waals surface area contributed by atoms with Crippen LogP contribution in [0.5, 0.6) is 0 Å². The molecule has 0 amide bonds. The summed E-state index contributed by atoms with van der Waals surface area (Å²) in [5, 5.41) is 0. The summed E-state index contributed by atoms with van der Waals surface area (Å²) in [6.45, 7) is 2.56. The van der Waals surface area contributed by atoms with Gasteiger partial charge in [0, 0.05) is 0 Å². The second kappa shape index (κ2) is 1.25. The minimum atomic E-state index is 1.19. The zero-order chi connectivity index (χ0) is 6.41. The summed E-state index contributed by atoms with van der Waals surface area (Å²) < 4.78 is 2.38. The first-order valence-corrected chi connectivity index (χ1v) is 3.05. The van der Waals surface area contributed by atoms with Crippen molar-refractivity contribution in [2.75, 3.05) is 41.5 Å². The van der Waals surface area contributed by atoms with Crippen molar-refractivity contribution in [3.8, 4) is 0 Å². The predicted octanol–water partition coefficient (Wildman–Crippen LogP) is 0.0678. The monoisotopic (exact) mass is 116 g/mol. The standard InChI is InChI=1S/C6H16N2/c1-7(2)5-8(3,4)6-7/h5-6H2,1-4H3/q+2. The van der Waals surface area contributed by atoms with Crippen molar-refractivity contribution in [3.63, 3.8) is 0 Å². The van der Waals surface area contributed by atoms with E-state index in [4.69, 9.17) is 0 Å². The Morgan fingerprint density at radius 3 is 1.00 bits per heavy atom. The van der Waals surface area contributed by atoms with Crippen molar-refractivity contribution >= 4 is 0 Å². The number of hydrogen-bond donors (Lipinski definition) is 0. The molecule has 1 aliphatic rings. The quantitative estimate of drug-likeness (QED) is 0.393. The van der Waals surface area contributed by atoms with Crippen molar-refractivity contribution in [1.82, 2.24) is 0 Å². The first-order chi connectivity index (χ1) is 3.41. The molecule has 0 aromatic heterocycles. The highest BCUT2D eigenvalue weighted by molar-refractivity contribution is 4.26. The van der Waals surface area contributed by atoms with Crippen LogP contribution in [0.3, 0.4) is 0 Å². The summed E-state index contributed by atoms with van der Waals surface area (Å²) in [4.78, 5) is 0. The van der Waals surface area contributed by atoms with Crippen LogP contribution >= 0.6 is 0 Å². The first kappa shape index (κ1) is 6.05. The lowest BCUT2D eigenvalue weighted by molar-refractivity contribution is -1.24. The lowest BCUT2D eigenvalue weighted by Gasteiger charge is -2.49. The summed E-state index contributed by atoms with van der Waals surface area (Å²) in [5.41, 5.74) is 0. The molecule has 0 radical (unpaired) electrons. The molecule has 2 nitrogen and oxygen atoms in total. The summed E-state index contributed by atoms with van der Waals surface area (Å²) in [7, 11) is 9.07. The Hall–Kier alpha value is -0.0800. The topological polar surface area (TPSA) is 0 Å². The van der Waals surface area contributed by atoms with Crippen LogP contribution in [0, 0.1) is 0 Å². The molecule has 0 atom stereocenters.